The van der Waals surface area contributed by atoms with Crippen molar-refractivity contribution < 1.29 is 4.74 Å². The third kappa shape index (κ3) is 1.01. The average Bonchev–Trinajstić information content (AvgIpc) is 2.94. The number of allylic oxidation sites excluding steroid dienone is 2. The molecule has 3 aliphatic rings. The van der Waals surface area contributed by atoms with Gasteiger partial charge in [0.15, 0.2) is 0 Å². The van der Waals surface area contributed by atoms with Crippen LogP contribution < -0.4 is 0 Å². The van der Waals surface area contributed by atoms with Crippen molar-refractivity contribution >= 4 is 0 Å². The van der Waals surface area contributed by atoms with E-state index < -0.39 is 0 Å². The molecule has 1 aliphatic heterocycles. The fourth-order valence-electron chi connectivity index (χ4n) is 4.33. The summed E-state index contributed by atoms with van der Waals surface area (Å²) in [7, 11) is 0. The molecule has 0 amide bonds. The number of rotatable bonds is 1. The predicted octanol–water partition coefficient (Wildman–Crippen LogP) is 3.71. The third-order valence-corrected chi connectivity index (χ3v) is 5.54. The van der Waals surface area contributed by atoms with E-state index in [1.807, 2.05) is 0 Å². The second-order valence-electron chi connectivity index (χ2n) is 6.21. The molecule has 1 nitrogen and oxygen atoms in total. The Balaban J connectivity index is 2.08. The highest BCUT2D eigenvalue weighted by atomic mass is 16.6. The first kappa shape index (κ1) is 10.6. The topological polar surface area (TPSA) is 12.5 Å². The molecule has 1 saturated carbocycles. The summed E-state index contributed by atoms with van der Waals surface area (Å²) in [6.45, 7) is 11.2. The average molecular weight is 218 g/mol. The van der Waals surface area contributed by atoms with Gasteiger partial charge in [0.05, 0.1) is 6.10 Å². The van der Waals surface area contributed by atoms with Crippen LogP contribution in [0.1, 0.15) is 40.0 Å². The lowest BCUT2D eigenvalue weighted by Gasteiger charge is -2.50. The molecule has 0 N–H and O–H groups in total. The number of ether oxygens (including phenoxy) is 1. The molecule has 5 unspecified atom stereocenters. The van der Waals surface area contributed by atoms with Crippen LogP contribution in [0.5, 0.6) is 0 Å². The Hall–Kier alpha value is -0.560. The minimum atomic E-state index is 0.156. The fourth-order valence-corrected chi connectivity index (χ4v) is 4.33. The monoisotopic (exact) mass is 218 g/mol. The van der Waals surface area contributed by atoms with Crippen molar-refractivity contribution in [2.75, 3.05) is 0 Å². The van der Waals surface area contributed by atoms with Gasteiger partial charge in [-0.2, -0.15) is 0 Å². The zero-order valence-electron chi connectivity index (χ0n) is 10.6. The number of epoxide rings is 1. The Kier molecular flexibility index (Phi) is 1.99. The van der Waals surface area contributed by atoms with Crippen LogP contribution in [0.2, 0.25) is 0 Å². The summed E-state index contributed by atoms with van der Waals surface area (Å²) in [5, 5.41) is 0. The van der Waals surface area contributed by atoms with Crippen LogP contribution in [-0.4, -0.2) is 11.7 Å². The van der Waals surface area contributed by atoms with E-state index in [-0.39, 0.29) is 11.0 Å². The van der Waals surface area contributed by atoms with Gasteiger partial charge in [0.25, 0.3) is 0 Å². The minimum absolute atomic E-state index is 0.156. The standard InChI is InChI=1S/C15H22O/c1-10(2)12-6-5-9-15-13(16-15)8-7-11(3)14(12,15)4/h5-6,11-13H,1,7-9H2,2-4H3. The van der Waals surface area contributed by atoms with E-state index >= 15 is 0 Å². The molecule has 0 aromatic heterocycles. The summed E-state index contributed by atoms with van der Waals surface area (Å²) in [5.74, 6) is 1.24. The SMILES string of the molecule is C=C(C)C1C=CCC23OC2CCC(C)C13C. The van der Waals surface area contributed by atoms with Crippen molar-refractivity contribution in [3.63, 3.8) is 0 Å². The fraction of sp³-hybridized carbons (Fsp3) is 0.733. The summed E-state index contributed by atoms with van der Waals surface area (Å²) < 4.78 is 6.13. The molecule has 1 heterocycles. The van der Waals surface area contributed by atoms with Crippen molar-refractivity contribution in [2.24, 2.45) is 17.3 Å². The van der Waals surface area contributed by atoms with Gasteiger partial charge >= 0.3 is 0 Å². The van der Waals surface area contributed by atoms with Gasteiger partial charge < -0.3 is 4.74 Å². The highest BCUT2D eigenvalue weighted by Gasteiger charge is 2.72. The van der Waals surface area contributed by atoms with Gasteiger partial charge in [0, 0.05) is 11.3 Å². The Labute approximate surface area is 98.6 Å². The molecule has 16 heavy (non-hydrogen) atoms. The van der Waals surface area contributed by atoms with Crippen molar-refractivity contribution in [1.29, 1.82) is 0 Å². The lowest BCUT2D eigenvalue weighted by molar-refractivity contribution is 0.0166. The van der Waals surface area contributed by atoms with Crippen molar-refractivity contribution in [3.8, 4) is 0 Å². The zero-order valence-corrected chi connectivity index (χ0v) is 10.6. The van der Waals surface area contributed by atoms with Crippen LogP contribution in [0.3, 0.4) is 0 Å². The molecule has 88 valence electrons. The second kappa shape index (κ2) is 3.01. The van der Waals surface area contributed by atoms with Gasteiger partial charge in [0.2, 0.25) is 0 Å². The van der Waals surface area contributed by atoms with Gasteiger partial charge in [0.1, 0.15) is 5.60 Å². The maximum absolute atomic E-state index is 6.13. The van der Waals surface area contributed by atoms with Gasteiger partial charge in [-0.15, -0.1) is 0 Å². The number of hydrogen-bond acceptors (Lipinski definition) is 1. The van der Waals surface area contributed by atoms with E-state index in [1.54, 1.807) is 0 Å². The molecule has 2 fully saturated rings. The Bertz CT molecular complexity index is 370. The minimum Gasteiger partial charge on any atom is -0.365 e. The Morgan fingerprint density at radius 1 is 1.44 bits per heavy atom. The lowest BCUT2D eigenvalue weighted by Crippen LogP contribution is -2.52. The second-order valence-corrected chi connectivity index (χ2v) is 6.21. The van der Waals surface area contributed by atoms with Crippen molar-refractivity contribution in [1.82, 2.24) is 0 Å². The first-order valence-electron chi connectivity index (χ1n) is 6.52. The summed E-state index contributed by atoms with van der Waals surface area (Å²) in [5.41, 5.74) is 1.72. The lowest BCUT2D eigenvalue weighted by atomic mass is 9.52. The smallest absolute Gasteiger partial charge is 0.105 e. The van der Waals surface area contributed by atoms with Crippen LogP contribution in [0.25, 0.3) is 0 Å². The van der Waals surface area contributed by atoms with Crippen LogP contribution in [0.15, 0.2) is 24.3 Å². The van der Waals surface area contributed by atoms with Crippen molar-refractivity contribution in [2.45, 2.75) is 51.7 Å². The van der Waals surface area contributed by atoms with Gasteiger partial charge in [-0.05, 0) is 32.1 Å². The molecule has 1 spiro atoms. The normalized spacial score (nSPS) is 54.1. The summed E-state index contributed by atoms with van der Waals surface area (Å²) in [6, 6.07) is 0. The first-order chi connectivity index (χ1) is 7.52. The van der Waals surface area contributed by atoms with E-state index in [0.717, 1.165) is 12.3 Å². The summed E-state index contributed by atoms with van der Waals surface area (Å²) >= 11 is 0. The van der Waals surface area contributed by atoms with Gasteiger partial charge in [-0.1, -0.05) is 38.2 Å². The van der Waals surface area contributed by atoms with E-state index in [4.69, 9.17) is 4.74 Å². The van der Waals surface area contributed by atoms with E-state index in [9.17, 15) is 0 Å². The van der Waals surface area contributed by atoms with Crippen molar-refractivity contribution in [3.05, 3.63) is 24.3 Å². The summed E-state index contributed by atoms with van der Waals surface area (Å²) in [6.07, 6.45) is 8.89. The zero-order chi connectivity index (χ0) is 11.6. The maximum atomic E-state index is 6.13. The van der Waals surface area contributed by atoms with Crippen LogP contribution in [0.4, 0.5) is 0 Å². The molecule has 0 bridgehead atoms. The molecule has 5 atom stereocenters. The van der Waals surface area contributed by atoms with E-state index in [0.29, 0.717) is 12.0 Å². The highest BCUT2D eigenvalue weighted by molar-refractivity contribution is 5.31. The molecule has 2 aliphatic carbocycles. The molecule has 3 rings (SSSR count). The van der Waals surface area contributed by atoms with Crippen LogP contribution >= 0.6 is 0 Å². The van der Waals surface area contributed by atoms with Crippen LogP contribution in [-0.2, 0) is 4.74 Å². The summed E-state index contributed by atoms with van der Waals surface area (Å²) in [4.78, 5) is 0. The third-order valence-electron chi connectivity index (χ3n) is 5.54. The first-order valence-corrected chi connectivity index (χ1v) is 6.52. The Morgan fingerprint density at radius 3 is 2.88 bits per heavy atom. The number of hydrogen-bond donors (Lipinski definition) is 0. The van der Waals surface area contributed by atoms with Gasteiger partial charge in [-0.3, -0.25) is 0 Å². The molecule has 0 radical (unpaired) electrons. The van der Waals surface area contributed by atoms with E-state index in [1.165, 1.54) is 18.4 Å². The molecular formula is C15H22O. The molecular weight excluding hydrogens is 196 g/mol. The molecule has 1 heteroatoms. The van der Waals surface area contributed by atoms with E-state index in [2.05, 4.69) is 39.5 Å². The maximum Gasteiger partial charge on any atom is 0.105 e. The molecule has 0 aromatic rings. The quantitative estimate of drug-likeness (QED) is 0.483. The highest BCUT2D eigenvalue weighted by Crippen LogP contribution is 2.67. The molecule has 1 saturated heterocycles. The largest absolute Gasteiger partial charge is 0.365 e. The van der Waals surface area contributed by atoms with Gasteiger partial charge in [-0.25, -0.2) is 0 Å². The Morgan fingerprint density at radius 2 is 2.19 bits per heavy atom. The van der Waals surface area contributed by atoms with Crippen LogP contribution in [0, 0.1) is 17.3 Å². The molecule has 0 aromatic carbocycles. The predicted molar refractivity (Wildman–Crippen MR) is 66.2 cm³/mol.